The van der Waals surface area contributed by atoms with E-state index in [0.717, 1.165) is 30.4 Å². The Morgan fingerprint density at radius 3 is 2.90 bits per heavy atom. The van der Waals surface area contributed by atoms with E-state index >= 15 is 0 Å². The number of fused-ring (bicyclic) bond motifs is 1. The summed E-state index contributed by atoms with van der Waals surface area (Å²) in [5.41, 5.74) is 4.35. The Bertz CT molecular complexity index is 635. The number of hydrogen-bond donors (Lipinski definition) is 0. The average Bonchev–Trinajstić information content (AvgIpc) is 2.45. The molecule has 0 fully saturated rings. The van der Waals surface area contributed by atoms with Crippen molar-refractivity contribution in [2.75, 3.05) is 0 Å². The van der Waals surface area contributed by atoms with Crippen LogP contribution in [0.5, 0.6) is 0 Å². The second kappa shape index (κ2) is 4.86. The first-order valence-electron chi connectivity index (χ1n) is 7.11. The highest BCUT2D eigenvalue weighted by molar-refractivity contribution is 6.08. The smallest absolute Gasteiger partial charge is 0.146 e. The predicted octanol–water partition coefficient (Wildman–Crippen LogP) is 3.51. The first kappa shape index (κ1) is 13.0. The van der Waals surface area contributed by atoms with Crippen LogP contribution < -0.4 is 0 Å². The Morgan fingerprint density at radius 1 is 1.30 bits per heavy atom. The fourth-order valence-corrected chi connectivity index (χ4v) is 3.12. The highest BCUT2D eigenvalue weighted by atomic mass is 16.1. The van der Waals surface area contributed by atoms with Crippen LogP contribution in [0.3, 0.4) is 0 Å². The zero-order valence-corrected chi connectivity index (χ0v) is 12.0. The highest BCUT2D eigenvalue weighted by Gasteiger charge is 2.31. The fourth-order valence-electron chi connectivity index (χ4n) is 3.12. The summed E-state index contributed by atoms with van der Waals surface area (Å²) in [6, 6.07) is 8.43. The predicted molar refractivity (Wildman–Crippen MR) is 82.2 cm³/mol. The maximum Gasteiger partial charge on any atom is 0.146 e. The maximum atomic E-state index is 11.3. The van der Waals surface area contributed by atoms with Gasteiger partial charge in [0.1, 0.15) is 6.29 Å². The van der Waals surface area contributed by atoms with E-state index in [9.17, 15) is 4.79 Å². The van der Waals surface area contributed by atoms with Crippen molar-refractivity contribution in [1.29, 1.82) is 0 Å². The average molecular weight is 265 g/mol. The Balaban J connectivity index is 2.11. The molecule has 20 heavy (non-hydrogen) atoms. The van der Waals surface area contributed by atoms with Gasteiger partial charge >= 0.3 is 0 Å². The van der Waals surface area contributed by atoms with Crippen molar-refractivity contribution in [3.63, 3.8) is 0 Å². The normalized spacial score (nSPS) is 23.6. The minimum atomic E-state index is -0.0984. The number of nitrogens with zero attached hydrogens (tertiary/aromatic N) is 1. The van der Waals surface area contributed by atoms with Crippen LogP contribution in [0.2, 0.25) is 0 Å². The summed E-state index contributed by atoms with van der Waals surface area (Å²) in [4.78, 5) is 16.3. The van der Waals surface area contributed by atoms with E-state index in [1.807, 2.05) is 12.2 Å². The van der Waals surface area contributed by atoms with Gasteiger partial charge in [0, 0.05) is 11.5 Å². The molecule has 1 unspecified atom stereocenters. The summed E-state index contributed by atoms with van der Waals surface area (Å²) in [6.07, 6.45) is 8.77. The fraction of sp³-hybridized carbons (Fsp3) is 0.333. The molecule has 0 N–H and O–H groups in total. The van der Waals surface area contributed by atoms with E-state index in [-0.39, 0.29) is 11.5 Å². The van der Waals surface area contributed by atoms with E-state index in [0.29, 0.717) is 0 Å². The molecule has 3 rings (SSSR count). The number of allylic oxidation sites excluding steroid dienone is 4. The van der Waals surface area contributed by atoms with Gasteiger partial charge in [-0.15, -0.1) is 0 Å². The van der Waals surface area contributed by atoms with Gasteiger partial charge in [-0.25, -0.2) is 0 Å². The lowest BCUT2D eigenvalue weighted by Gasteiger charge is -2.32. The van der Waals surface area contributed by atoms with E-state index < -0.39 is 0 Å². The lowest BCUT2D eigenvalue weighted by molar-refractivity contribution is -0.105. The minimum absolute atomic E-state index is 0.0956. The minimum Gasteiger partial charge on any atom is -0.298 e. The number of aldehydes is 1. The molecule has 0 saturated carbocycles. The SMILES string of the molecule is CC1(C)Cc2ccccc2C(C2CC=CC=C2C=O)=N1. The van der Waals surface area contributed by atoms with Gasteiger partial charge in [0.2, 0.25) is 0 Å². The number of carbonyl (C=O) groups is 1. The molecule has 0 radical (unpaired) electrons. The number of rotatable bonds is 2. The van der Waals surface area contributed by atoms with Crippen molar-refractivity contribution < 1.29 is 4.79 Å². The molecule has 0 aromatic heterocycles. The molecule has 1 aliphatic carbocycles. The third kappa shape index (κ3) is 2.26. The molecule has 2 aliphatic rings. The molecule has 0 bridgehead atoms. The van der Waals surface area contributed by atoms with Crippen molar-refractivity contribution in [2.45, 2.75) is 32.2 Å². The summed E-state index contributed by atoms with van der Waals surface area (Å²) in [6.45, 7) is 4.32. The maximum absolute atomic E-state index is 11.3. The second-order valence-electron chi connectivity index (χ2n) is 6.14. The lowest BCUT2D eigenvalue weighted by atomic mass is 9.78. The lowest BCUT2D eigenvalue weighted by Crippen LogP contribution is -2.33. The molecular weight excluding hydrogens is 246 g/mol. The Hall–Kier alpha value is -1.96. The first-order valence-corrected chi connectivity index (χ1v) is 7.11. The number of aliphatic imine (C=N–C) groups is 1. The zero-order chi connectivity index (χ0) is 14.2. The molecule has 0 saturated heterocycles. The van der Waals surface area contributed by atoms with Crippen LogP contribution in [0.25, 0.3) is 0 Å². The van der Waals surface area contributed by atoms with Crippen molar-refractivity contribution in [1.82, 2.24) is 0 Å². The summed E-state index contributed by atoms with van der Waals surface area (Å²) >= 11 is 0. The van der Waals surface area contributed by atoms with Gasteiger partial charge in [-0.3, -0.25) is 9.79 Å². The van der Waals surface area contributed by atoms with Crippen LogP contribution in [0, 0.1) is 5.92 Å². The van der Waals surface area contributed by atoms with Gasteiger partial charge < -0.3 is 0 Å². The Kier molecular flexibility index (Phi) is 3.17. The van der Waals surface area contributed by atoms with Crippen molar-refractivity contribution >= 4 is 12.0 Å². The molecule has 1 aromatic carbocycles. The van der Waals surface area contributed by atoms with E-state index in [4.69, 9.17) is 4.99 Å². The molecule has 1 aromatic rings. The third-order valence-corrected chi connectivity index (χ3v) is 4.00. The quantitative estimate of drug-likeness (QED) is 0.752. The van der Waals surface area contributed by atoms with Crippen molar-refractivity contribution in [2.24, 2.45) is 10.9 Å². The molecule has 1 heterocycles. The topological polar surface area (TPSA) is 29.4 Å². The largest absolute Gasteiger partial charge is 0.298 e. The van der Waals surface area contributed by atoms with E-state index in [2.05, 4.69) is 44.2 Å². The van der Waals surface area contributed by atoms with Crippen LogP contribution in [0.15, 0.2) is 53.1 Å². The molecular formula is C18H19NO. The molecule has 0 amide bonds. The number of carbonyl (C=O) groups excluding carboxylic acids is 1. The van der Waals surface area contributed by atoms with Gasteiger partial charge in [-0.1, -0.05) is 42.5 Å². The second-order valence-corrected chi connectivity index (χ2v) is 6.14. The van der Waals surface area contributed by atoms with Crippen LogP contribution in [-0.4, -0.2) is 17.5 Å². The highest BCUT2D eigenvalue weighted by Crippen LogP contribution is 2.33. The summed E-state index contributed by atoms with van der Waals surface area (Å²) in [5, 5.41) is 0. The summed E-state index contributed by atoms with van der Waals surface area (Å²) in [5.74, 6) is 0.0956. The van der Waals surface area contributed by atoms with Gasteiger partial charge in [0.15, 0.2) is 0 Å². The Morgan fingerprint density at radius 2 is 2.10 bits per heavy atom. The van der Waals surface area contributed by atoms with E-state index in [1.54, 1.807) is 0 Å². The molecule has 0 spiro atoms. The third-order valence-electron chi connectivity index (χ3n) is 4.00. The molecule has 1 atom stereocenters. The zero-order valence-electron chi connectivity index (χ0n) is 12.0. The van der Waals surface area contributed by atoms with Gasteiger partial charge in [0.25, 0.3) is 0 Å². The monoisotopic (exact) mass is 265 g/mol. The van der Waals surface area contributed by atoms with Crippen LogP contribution in [0.4, 0.5) is 0 Å². The van der Waals surface area contributed by atoms with E-state index in [1.165, 1.54) is 11.1 Å². The van der Waals surface area contributed by atoms with Gasteiger partial charge in [0.05, 0.1) is 11.3 Å². The first-order chi connectivity index (χ1) is 9.61. The van der Waals surface area contributed by atoms with Crippen molar-refractivity contribution in [3.05, 3.63) is 59.2 Å². The van der Waals surface area contributed by atoms with Crippen LogP contribution >= 0.6 is 0 Å². The number of hydrogen-bond acceptors (Lipinski definition) is 2. The molecule has 1 aliphatic heterocycles. The van der Waals surface area contributed by atoms with Gasteiger partial charge in [-0.05, 0) is 37.8 Å². The molecule has 2 nitrogen and oxygen atoms in total. The standard InChI is InChI=1S/C18H19NO/c1-18(2)11-13-7-3-5-9-15(13)17(19-18)16-10-6-4-8-14(16)12-20/h3-9,12,16H,10-11H2,1-2H3. The summed E-state index contributed by atoms with van der Waals surface area (Å²) < 4.78 is 0. The van der Waals surface area contributed by atoms with Crippen molar-refractivity contribution in [3.8, 4) is 0 Å². The summed E-state index contributed by atoms with van der Waals surface area (Å²) in [7, 11) is 0. The molecule has 102 valence electrons. The van der Waals surface area contributed by atoms with Crippen LogP contribution in [-0.2, 0) is 11.2 Å². The van der Waals surface area contributed by atoms with Crippen LogP contribution in [0.1, 0.15) is 31.4 Å². The number of benzene rings is 1. The van der Waals surface area contributed by atoms with Gasteiger partial charge in [-0.2, -0.15) is 0 Å². The Labute approximate surface area is 119 Å². The molecule has 2 heteroatoms.